The summed E-state index contributed by atoms with van der Waals surface area (Å²) in [5, 5.41) is 0. The molecule has 1 atom stereocenters. The fourth-order valence-electron chi connectivity index (χ4n) is 2.08. The molecule has 0 amide bonds. The SMILES string of the molecule is CC(C)C1(C)CCCC#CC/C(=C\F)C1. The van der Waals surface area contributed by atoms with Crippen molar-refractivity contribution < 1.29 is 4.39 Å². The van der Waals surface area contributed by atoms with Gasteiger partial charge in [-0.15, -0.1) is 5.92 Å². The molecular formula is C14H21F. The van der Waals surface area contributed by atoms with E-state index in [1.165, 1.54) is 0 Å². The van der Waals surface area contributed by atoms with Crippen LogP contribution in [0.15, 0.2) is 11.9 Å². The van der Waals surface area contributed by atoms with E-state index in [2.05, 4.69) is 32.6 Å². The Labute approximate surface area is 93.0 Å². The summed E-state index contributed by atoms with van der Waals surface area (Å²) in [6.07, 6.45) is 5.48. The molecule has 84 valence electrons. The quantitative estimate of drug-likeness (QED) is 0.558. The van der Waals surface area contributed by atoms with Crippen molar-refractivity contribution in [3.63, 3.8) is 0 Å². The number of hydrogen-bond donors (Lipinski definition) is 0. The number of halogens is 1. The zero-order valence-corrected chi connectivity index (χ0v) is 10.1. The summed E-state index contributed by atoms with van der Waals surface area (Å²) < 4.78 is 12.7. The van der Waals surface area contributed by atoms with E-state index in [1.54, 1.807) is 0 Å². The zero-order chi connectivity index (χ0) is 11.3. The molecule has 0 heterocycles. The van der Waals surface area contributed by atoms with Gasteiger partial charge in [-0.25, -0.2) is 4.39 Å². The van der Waals surface area contributed by atoms with E-state index in [9.17, 15) is 4.39 Å². The van der Waals surface area contributed by atoms with Gasteiger partial charge in [0.2, 0.25) is 0 Å². The van der Waals surface area contributed by atoms with Crippen LogP contribution in [0.4, 0.5) is 4.39 Å². The first kappa shape index (κ1) is 12.3. The van der Waals surface area contributed by atoms with Crippen molar-refractivity contribution in [2.24, 2.45) is 11.3 Å². The third kappa shape index (κ3) is 3.38. The molecule has 0 radical (unpaired) electrons. The second-order valence-corrected chi connectivity index (χ2v) is 5.14. The Balaban J connectivity index is 2.82. The second kappa shape index (κ2) is 5.35. The van der Waals surface area contributed by atoms with Gasteiger partial charge in [0.05, 0.1) is 6.33 Å². The molecule has 0 fully saturated rings. The number of allylic oxidation sites excluding steroid dienone is 1. The van der Waals surface area contributed by atoms with Crippen molar-refractivity contribution >= 4 is 0 Å². The molecule has 0 aliphatic heterocycles. The maximum absolute atomic E-state index is 12.7. The molecule has 1 unspecified atom stereocenters. The van der Waals surface area contributed by atoms with Crippen LogP contribution in [0, 0.1) is 23.2 Å². The predicted molar refractivity (Wildman–Crippen MR) is 63.0 cm³/mol. The van der Waals surface area contributed by atoms with Crippen LogP contribution < -0.4 is 0 Å². The highest BCUT2D eigenvalue weighted by atomic mass is 19.1. The Morgan fingerprint density at radius 1 is 1.40 bits per heavy atom. The average Bonchev–Trinajstić information content (AvgIpc) is 2.29. The maximum Gasteiger partial charge on any atom is 0.0868 e. The van der Waals surface area contributed by atoms with Crippen molar-refractivity contribution in [1.29, 1.82) is 0 Å². The maximum atomic E-state index is 12.7. The van der Waals surface area contributed by atoms with Gasteiger partial charge in [0.15, 0.2) is 0 Å². The molecule has 0 aromatic rings. The molecule has 15 heavy (non-hydrogen) atoms. The van der Waals surface area contributed by atoms with E-state index < -0.39 is 0 Å². The van der Waals surface area contributed by atoms with Crippen molar-refractivity contribution in [1.82, 2.24) is 0 Å². The largest absolute Gasteiger partial charge is 0.216 e. The van der Waals surface area contributed by atoms with Gasteiger partial charge in [-0.3, -0.25) is 0 Å². The minimum absolute atomic E-state index is 0.228. The van der Waals surface area contributed by atoms with E-state index in [0.29, 0.717) is 12.3 Å². The normalized spacial score (nSPS) is 30.3. The molecule has 0 aromatic carbocycles. The minimum atomic E-state index is 0.228. The van der Waals surface area contributed by atoms with E-state index >= 15 is 0 Å². The van der Waals surface area contributed by atoms with Gasteiger partial charge in [-0.2, -0.15) is 0 Å². The van der Waals surface area contributed by atoms with Gasteiger partial charge < -0.3 is 0 Å². The van der Waals surface area contributed by atoms with E-state index in [0.717, 1.165) is 37.6 Å². The molecule has 0 nitrogen and oxygen atoms in total. The topological polar surface area (TPSA) is 0 Å². The molecule has 0 N–H and O–H groups in total. The molecule has 1 aliphatic rings. The lowest BCUT2D eigenvalue weighted by Crippen LogP contribution is -2.24. The second-order valence-electron chi connectivity index (χ2n) is 5.14. The summed E-state index contributed by atoms with van der Waals surface area (Å²) in [5.41, 5.74) is 1.09. The fraction of sp³-hybridized carbons (Fsp3) is 0.714. The molecule has 0 spiro atoms. The van der Waals surface area contributed by atoms with Crippen LogP contribution in [0.3, 0.4) is 0 Å². The monoisotopic (exact) mass is 208 g/mol. The first-order chi connectivity index (χ1) is 7.08. The van der Waals surface area contributed by atoms with Crippen LogP contribution in [0.1, 0.15) is 52.9 Å². The Hall–Kier alpha value is -0.770. The summed E-state index contributed by atoms with van der Waals surface area (Å²) in [5.74, 6) is 6.75. The van der Waals surface area contributed by atoms with Crippen molar-refractivity contribution in [3.05, 3.63) is 11.9 Å². The lowest BCUT2D eigenvalue weighted by Gasteiger charge is -2.34. The Kier molecular flexibility index (Phi) is 4.39. The van der Waals surface area contributed by atoms with Crippen LogP contribution >= 0.6 is 0 Å². The van der Waals surface area contributed by atoms with Crippen molar-refractivity contribution in [2.75, 3.05) is 0 Å². The predicted octanol–water partition coefficient (Wildman–Crippen LogP) is 4.47. The molecule has 0 saturated heterocycles. The summed E-state index contributed by atoms with van der Waals surface area (Å²) in [6.45, 7) is 6.73. The molecule has 1 heteroatoms. The first-order valence-corrected chi connectivity index (χ1v) is 5.82. The first-order valence-electron chi connectivity index (χ1n) is 5.82. The van der Waals surface area contributed by atoms with Gasteiger partial charge in [0.1, 0.15) is 0 Å². The van der Waals surface area contributed by atoms with Crippen LogP contribution in [0.25, 0.3) is 0 Å². The van der Waals surface area contributed by atoms with Crippen LogP contribution in [0.5, 0.6) is 0 Å². The Bertz CT molecular complexity index is 290. The highest BCUT2D eigenvalue weighted by Crippen LogP contribution is 2.40. The molecule has 0 bridgehead atoms. The number of hydrogen-bond acceptors (Lipinski definition) is 0. The summed E-state index contributed by atoms with van der Waals surface area (Å²) in [7, 11) is 0. The third-order valence-corrected chi connectivity index (χ3v) is 3.67. The summed E-state index contributed by atoms with van der Waals surface area (Å²) in [4.78, 5) is 0. The molecule has 1 rings (SSSR count). The standard InChI is InChI=1S/C14H21F/c1-12(2)14(3)9-7-5-4-6-8-13(10-14)11-15/h11-12H,5,7-10H2,1-3H3/b13-11+. The van der Waals surface area contributed by atoms with Gasteiger partial charge >= 0.3 is 0 Å². The molecule has 1 aliphatic carbocycles. The highest BCUT2D eigenvalue weighted by molar-refractivity contribution is 5.15. The lowest BCUT2D eigenvalue weighted by molar-refractivity contribution is 0.192. The summed E-state index contributed by atoms with van der Waals surface area (Å²) >= 11 is 0. The van der Waals surface area contributed by atoms with Gasteiger partial charge in [0.25, 0.3) is 0 Å². The van der Waals surface area contributed by atoms with Crippen LogP contribution in [-0.2, 0) is 0 Å². The fourth-order valence-corrected chi connectivity index (χ4v) is 2.08. The van der Waals surface area contributed by atoms with Crippen LogP contribution in [-0.4, -0.2) is 0 Å². The Morgan fingerprint density at radius 2 is 2.13 bits per heavy atom. The van der Waals surface area contributed by atoms with Crippen molar-refractivity contribution in [3.8, 4) is 11.8 Å². The highest BCUT2D eigenvalue weighted by Gasteiger charge is 2.29. The van der Waals surface area contributed by atoms with Crippen LogP contribution in [0.2, 0.25) is 0 Å². The Morgan fingerprint density at radius 3 is 2.73 bits per heavy atom. The molecular weight excluding hydrogens is 187 g/mol. The van der Waals surface area contributed by atoms with Crippen molar-refractivity contribution in [2.45, 2.75) is 52.9 Å². The zero-order valence-electron chi connectivity index (χ0n) is 10.1. The van der Waals surface area contributed by atoms with Gasteiger partial charge in [-0.05, 0) is 36.2 Å². The molecule has 0 aromatic heterocycles. The third-order valence-electron chi connectivity index (χ3n) is 3.67. The molecule has 0 saturated carbocycles. The van der Waals surface area contributed by atoms with E-state index in [-0.39, 0.29) is 5.41 Å². The number of rotatable bonds is 1. The van der Waals surface area contributed by atoms with Gasteiger partial charge in [0, 0.05) is 12.8 Å². The average molecular weight is 208 g/mol. The lowest BCUT2D eigenvalue weighted by atomic mass is 9.71. The summed E-state index contributed by atoms with van der Waals surface area (Å²) in [6, 6.07) is 0. The van der Waals surface area contributed by atoms with E-state index in [1.807, 2.05) is 0 Å². The minimum Gasteiger partial charge on any atom is -0.216 e. The van der Waals surface area contributed by atoms with E-state index in [4.69, 9.17) is 0 Å². The van der Waals surface area contributed by atoms with Gasteiger partial charge in [-0.1, -0.05) is 26.7 Å². The smallest absolute Gasteiger partial charge is 0.0868 e.